The van der Waals surface area contributed by atoms with Gasteiger partial charge in [0.2, 0.25) is 0 Å². The molecule has 0 radical (unpaired) electrons. The minimum absolute atomic E-state index is 0.189. The van der Waals surface area contributed by atoms with Gasteiger partial charge < -0.3 is 5.73 Å². The summed E-state index contributed by atoms with van der Waals surface area (Å²) < 4.78 is 0. The standard InChI is InChI=1S/C16H31N3O/c1-3-5-6-7-8-9-10-11-12-13-14-19(16(17)18)15(20)4-2/h4H,2-3,5-14H2,1H3,(H3,17,18). The first-order chi connectivity index (χ1) is 9.63. The van der Waals surface area contributed by atoms with Crippen LogP contribution in [0.1, 0.15) is 71.1 Å². The number of unbranched alkanes of at least 4 members (excludes halogenated alkanes) is 9. The lowest BCUT2D eigenvalue weighted by molar-refractivity contribution is -0.122. The van der Waals surface area contributed by atoms with E-state index in [1.807, 2.05) is 0 Å². The molecule has 0 aromatic carbocycles. The van der Waals surface area contributed by atoms with Gasteiger partial charge in [-0.15, -0.1) is 0 Å². The van der Waals surface area contributed by atoms with E-state index in [2.05, 4.69) is 13.5 Å². The highest BCUT2D eigenvalue weighted by atomic mass is 16.2. The summed E-state index contributed by atoms with van der Waals surface area (Å²) in [6.45, 7) is 6.18. The Hall–Kier alpha value is -1.32. The normalized spacial score (nSPS) is 10.2. The summed E-state index contributed by atoms with van der Waals surface area (Å²) in [4.78, 5) is 12.7. The van der Waals surface area contributed by atoms with Gasteiger partial charge in [0, 0.05) is 6.54 Å². The number of nitrogens with one attached hydrogen (secondary N) is 1. The van der Waals surface area contributed by atoms with Crippen molar-refractivity contribution in [2.75, 3.05) is 6.54 Å². The van der Waals surface area contributed by atoms with Gasteiger partial charge in [-0.05, 0) is 12.5 Å². The second kappa shape index (κ2) is 12.7. The summed E-state index contributed by atoms with van der Waals surface area (Å²) in [5, 5.41) is 7.35. The maximum absolute atomic E-state index is 11.4. The number of carbonyl (C=O) groups excluding carboxylic acids is 1. The zero-order valence-corrected chi connectivity index (χ0v) is 13.0. The number of amides is 1. The molecule has 0 unspecified atom stereocenters. The van der Waals surface area contributed by atoms with Crippen molar-refractivity contribution in [2.45, 2.75) is 71.1 Å². The maximum atomic E-state index is 11.4. The fourth-order valence-electron chi connectivity index (χ4n) is 2.22. The Kier molecular flexibility index (Phi) is 11.9. The predicted molar refractivity (Wildman–Crippen MR) is 85.7 cm³/mol. The van der Waals surface area contributed by atoms with Crippen LogP contribution in [-0.4, -0.2) is 23.3 Å². The molecule has 0 fully saturated rings. The highest BCUT2D eigenvalue weighted by Crippen LogP contribution is 2.10. The minimum atomic E-state index is -0.284. The van der Waals surface area contributed by atoms with Crippen LogP contribution in [0.2, 0.25) is 0 Å². The van der Waals surface area contributed by atoms with E-state index in [-0.39, 0.29) is 11.9 Å². The fraction of sp³-hybridized carbons (Fsp3) is 0.750. The van der Waals surface area contributed by atoms with E-state index in [0.717, 1.165) is 12.8 Å². The third-order valence-electron chi connectivity index (χ3n) is 3.47. The first kappa shape index (κ1) is 18.7. The van der Waals surface area contributed by atoms with E-state index in [1.54, 1.807) is 0 Å². The molecule has 0 spiro atoms. The van der Waals surface area contributed by atoms with E-state index < -0.39 is 0 Å². The van der Waals surface area contributed by atoms with Gasteiger partial charge in [0.05, 0.1) is 0 Å². The number of nitrogens with two attached hydrogens (primary N) is 1. The molecule has 0 heterocycles. The first-order valence-electron chi connectivity index (χ1n) is 7.91. The monoisotopic (exact) mass is 281 g/mol. The molecule has 20 heavy (non-hydrogen) atoms. The summed E-state index contributed by atoms with van der Waals surface area (Å²) in [5.41, 5.74) is 5.37. The van der Waals surface area contributed by atoms with E-state index in [9.17, 15) is 4.79 Å². The van der Waals surface area contributed by atoms with Crippen LogP contribution in [0, 0.1) is 5.41 Å². The van der Waals surface area contributed by atoms with Crippen LogP contribution in [0.5, 0.6) is 0 Å². The summed E-state index contributed by atoms with van der Waals surface area (Å²) in [7, 11) is 0. The van der Waals surface area contributed by atoms with Gasteiger partial charge in [-0.2, -0.15) is 0 Å². The lowest BCUT2D eigenvalue weighted by atomic mass is 10.1. The average Bonchev–Trinajstić information content (AvgIpc) is 2.43. The third kappa shape index (κ3) is 9.59. The van der Waals surface area contributed by atoms with Crippen molar-refractivity contribution in [1.29, 1.82) is 5.41 Å². The Morgan fingerprint density at radius 1 is 1.05 bits per heavy atom. The summed E-state index contributed by atoms with van der Waals surface area (Å²) in [5.74, 6) is -0.473. The van der Waals surface area contributed by atoms with Gasteiger partial charge in [0.25, 0.3) is 5.91 Å². The molecule has 0 rings (SSSR count). The molecule has 116 valence electrons. The second-order valence-electron chi connectivity index (χ2n) is 5.26. The number of nitrogens with zero attached hydrogens (tertiary/aromatic N) is 1. The molecule has 4 heteroatoms. The highest BCUT2D eigenvalue weighted by Gasteiger charge is 2.11. The number of carbonyl (C=O) groups is 1. The molecule has 0 aromatic heterocycles. The Morgan fingerprint density at radius 3 is 1.90 bits per heavy atom. The molecule has 0 atom stereocenters. The molecule has 1 amide bonds. The Bertz CT molecular complexity index is 289. The Balaban J connectivity index is 3.48. The molecule has 0 aliphatic rings. The predicted octanol–water partition coefficient (Wildman–Crippen LogP) is 3.82. The second-order valence-corrected chi connectivity index (χ2v) is 5.26. The third-order valence-corrected chi connectivity index (χ3v) is 3.47. The molecule has 4 nitrogen and oxygen atoms in total. The van der Waals surface area contributed by atoms with Crippen LogP contribution in [0.25, 0.3) is 0 Å². The molecular formula is C16H31N3O. The van der Waals surface area contributed by atoms with Crippen molar-refractivity contribution < 1.29 is 4.79 Å². The van der Waals surface area contributed by atoms with Crippen LogP contribution in [0.3, 0.4) is 0 Å². The molecule has 3 N–H and O–H groups in total. The SMILES string of the molecule is C=CC(=O)N(CCCCCCCCCCCC)C(=N)N. The first-order valence-corrected chi connectivity index (χ1v) is 7.91. The average molecular weight is 281 g/mol. The number of guanidine groups is 1. The molecule has 0 aliphatic heterocycles. The minimum Gasteiger partial charge on any atom is -0.370 e. The van der Waals surface area contributed by atoms with Crippen molar-refractivity contribution >= 4 is 11.9 Å². The molecule has 0 saturated heterocycles. The lowest BCUT2D eigenvalue weighted by Crippen LogP contribution is -2.40. The molecular weight excluding hydrogens is 250 g/mol. The van der Waals surface area contributed by atoms with Crippen LogP contribution in [0.4, 0.5) is 0 Å². The van der Waals surface area contributed by atoms with E-state index in [1.165, 1.54) is 62.3 Å². The van der Waals surface area contributed by atoms with E-state index in [4.69, 9.17) is 11.1 Å². The summed E-state index contributed by atoms with van der Waals surface area (Å²) in [6.07, 6.45) is 13.7. The van der Waals surface area contributed by atoms with Crippen molar-refractivity contribution in [2.24, 2.45) is 5.73 Å². The van der Waals surface area contributed by atoms with Gasteiger partial charge in [-0.3, -0.25) is 15.1 Å². The fourth-order valence-corrected chi connectivity index (χ4v) is 2.22. The zero-order chi connectivity index (χ0) is 15.2. The Labute approximate surface area is 123 Å². The van der Waals surface area contributed by atoms with Crippen molar-refractivity contribution in [3.63, 3.8) is 0 Å². The smallest absolute Gasteiger partial charge is 0.252 e. The lowest BCUT2D eigenvalue weighted by Gasteiger charge is -2.18. The number of hydrogen-bond donors (Lipinski definition) is 2. The van der Waals surface area contributed by atoms with Gasteiger partial charge in [-0.25, -0.2) is 0 Å². The van der Waals surface area contributed by atoms with Crippen LogP contribution >= 0.6 is 0 Å². The van der Waals surface area contributed by atoms with Crippen molar-refractivity contribution in [3.05, 3.63) is 12.7 Å². The van der Waals surface area contributed by atoms with Crippen LogP contribution in [0.15, 0.2) is 12.7 Å². The van der Waals surface area contributed by atoms with Gasteiger partial charge in [-0.1, -0.05) is 71.3 Å². The zero-order valence-electron chi connectivity index (χ0n) is 13.0. The van der Waals surface area contributed by atoms with Crippen molar-refractivity contribution in [1.82, 2.24) is 4.90 Å². The summed E-state index contributed by atoms with van der Waals surface area (Å²) in [6, 6.07) is 0. The Morgan fingerprint density at radius 2 is 1.50 bits per heavy atom. The molecule has 0 aliphatic carbocycles. The molecule has 0 aromatic rings. The van der Waals surface area contributed by atoms with Gasteiger partial charge in [0.15, 0.2) is 5.96 Å². The van der Waals surface area contributed by atoms with Crippen LogP contribution < -0.4 is 5.73 Å². The van der Waals surface area contributed by atoms with E-state index >= 15 is 0 Å². The topological polar surface area (TPSA) is 70.2 Å². The molecule has 0 saturated carbocycles. The van der Waals surface area contributed by atoms with Crippen molar-refractivity contribution in [3.8, 4) is 0 Å². The van der Waals surface area contributed by atoms with Gasteiger partial charge in [0.1, 0.15) is 0 Å². The number of rotatable bonds is 12. The van der Waals surface area contributed by atoms with Crippen LogP contribution in [-0.2, 0) is 4.79 Å². The summed E-state index contributed by atoms with van der Waals surface area (Å²) >= 11 is 0. The highest BCUT2D eigenvalue weighted by molar-refractivity contribution is 6.00. The quantitative estimate of drug-likeness (QED) is 0.247. The molecule has 0 bridgehead atoms. The largest absolute Gasteiger partial charge is 0.370 e. The van der Waals surface area contributed by atoms with Gasteiger partial charge >= 0.3 is 0 Å². The number of hydrogen-bond acceptors (Lipinski definition) is 2. The van der Waals surface area contributed by atoms with E-state index in [0.29, 0.717) is 6.54 Å². The maximum Gasteiger partial charge on any atom is 0.252 e.